The van der Waals surface area contributed by atoms with Crippen LogP contribution < -0.4 is 5.32 Å². The maximum atomic E-state index is 12.0. The van der Waals surface area contributed by atoms with Gasteiger partial charge in [0.15, 0.2) is 5.78 Å². The van der Waals surface area contributed by atoms with E-state index in [4.69, 9.17) is 8.67 Å². The molecule has 0 spiro atoms. The van der Waals surface area contributed by atoms with Crippen molar-refractivity contribution in [2.24, 2.45) is 4.99 Å². The quantitative estimate of drug-likeness (QED) is 0.362. The number of carbonyl (C=O) groups is 1. The van der Waals surface area contributed by atoms with Crippen molar-refractivity contribution in [3.05, 3.63) is 96.2 Å². The minimum atomic E-state index is -0.0536. The molecule has 0 atom stereocenters. The third-order valence-electron chi connectivity index (χ3n) is 4.84. The van der Waals surface area contributed by atoms with Crippen LogP contribution in [0.15, 0.2) is 95.7 Å². The predicted octanol–water partition coefficient (Wildman–Crippen LogP) is 5.26. The molecule has 3 N–H and O–H groups in total. The molecule has 159 valence electrons. The topological polar surface area (TPSA) is 99.0 Å². The molecule has 32 heavy (non-hydrogen) atoms. The van der Waals surface area contributed by atoms with Crippen LogP contribution in [0.2, 0.25) is 0 Å². The van der Waals surface area contributed by atoms with Gasteiger partial charge in [-0.3, -0.25) is 9.79 Å². The number of allylic oxidation sites excluding steroid dienone is 5. The van der Waals surface area contributed by atoms with E-state index < -0.39 is 0 Å². The van der Waals surface area contributed by atoms with Crippen molar-refractivity contribution in [2.75, 3.05) is 5.32 Å². The van der Waals surface area contributed by atoms with Gasteiger partial charge in [0, 0.05) is 40.2 Å². The van der Waals surface area contributed by atoms with Gasteiger partial charge >= 0.3 is 21.0 Å². The number of phenolic OH excluding ortho intramolecular Hbond substituents is 2. The monoisotopic (exact) mass is 463 g/mol. The van der Waals surface area contributed by atoms with Gasteiger partial charge in [0.2, 0.25) is 0 Å². The van der Waals surface area contributed by atoms with Crippen LogP contribution in [-0.4, -0.2) is 21.7 Å². The number of hydrogen-bond donors (Lipinski definition) is 3. The molecule has 1 aliphatic carbocycles. The molecule has 0 saturated heterocycles. The Kier molecular flexibility index (Phi) is 7.55. The number of ketones is 1. The molecule has 0 saturated carbocycles. The average molecular weight is 463 g/mol. The summed E-state index contributed by atoms with van der Waals surface area (Å²) >= 11 is 1.06. The molecule has 0 aliphatic heterocycles. The molecule has 0 bridgehead atoms. The van der Waals surface area contributed by atoms with Crippen LogP contribution in [-0.2, 0) is 25.8 Å². The number of nitrogens with one attached hydrogen (secondary N) is 1. The molecular formula is C25H20N2O4V. The molecule has 1 aliphatic rings. The molecule has 0 unspecified atom stereocenters. The van der Waals surface area contributed by atoms with E-state index in [9.17, 15) is 15.0 Å². The van der Waals surface area contributed by atoms with Gasteiger partial charge in [-0.25, -0.2) is 0 Å². The molecule has 4 rings (SSSR count). The van der Waals surface area contributed by atoms with E-state index in [2.05, 4.69) is 5.32 Å². The summed E-state index contributed by atoms with van der Waals surface area (Å²) in [4.78, 5) is 16.7. The van der Waals surface area contributed by atoms with Crippen LogP contribution >= 0.6 is 0 Å². The summed E-state index contributed by atoms with van der Waals surface area (Å²) in [6.45, 7) is 1.81. The summed E-state index contributed by atoms with van der Waals surface area (Å²) in [5.41, 5.74) is 3.27. The number of carbonyl (C=O) groups excluding carboxylic acids is 1. The van der Waals surface area contributed by atoms with Crippen LogP contribution in [0, 0.1) is 0 Å². The van der Waals surface area contributed by atoms with Gasteiger partial charge < -0.3 is 15.5 Å². The van der Waals surface area contributed by atoms with Crippen molar-refractivity contribution >= 4 is 33.6 Å². The molecular weight excluding hydrogens is 443 g/mol. The molecule has 0 aromatic heterocycles. The van der Waals surface area contributed by atoms with Crippen LogP contribution in [0.4, 0.5) is 11.4 Å². The van der Waals surface area contributed by atoms with E-state index >= 15 is 0 Å². The summed E-state index contributed by atoms with van der Waals surface area (Å²) in [7, 11) is 0. The molecule has 3 aromatic rings. The number of rotatable bonds is 4. The van der Waals surface area contributed by atoms with E-state index in [1.807, 2.05) is 42.5 Å². The number of hydrogen-bond acceptors (Lipinski definition) is 6. The van der Waals surface area contributed by atoms with Crippen LogP contribution in [0.25, 0.3) is 10.8 Å². The Morgan fingerprint density at radius 1 is 1.00 bits per heavy atom. The maximum absolute atomic E-state index is 12.0. The first-order valence-electron chi connectivity index (χ1n) is 9.66. The Balaban J connectivity index is 0.00000141. The summed E-state index contributed by atoms with van der Waals surface area (Å²) in [6.07, 6.45) is 8.51. The summed E-state index contributed by atoms with van der Waals surface area (Å²) in [6, 6.07) is 16.1. The Morgan fingerprint density at radius 3 is 2.44 bits per heavy atom. The third kappa shape index (κ3) is 5.11. The molecule has 0 heterocycles. The fourth-order valence-electron chi connectivity index (χ4n) is 3.36. The van der Waals surface area contributed by atoms with Gasteiger partial charge in [0.25, 0.3) is 0 Å². The van der Waals surface area contributed by atoms with E-state index in [-0.39, 0.29) is 17.3 Å². The zero-order valence-electron chi connectivity index (χ0n) is 17.2. The second-order valence-electron chi connectivity index (χ2n) is 6.91. The molecule has 0 amide bonds. The number of anilines is 1. The van der Waals surface area contributed by atoms with Gasteiger partial charge in [-0.1, -0.05) is 36.4 Å². The van der Waals surface area contributed by atoms with E-state index in [0.717, 1.165) is 39.5 Å². The second kappa shape index (κ2) is 10.5. The average Bonchev–Trinajstić information content (AvgIpc) is 2.80. The van der Waals surface area contributed by atoms with Crippen LogP contribution in [0.1, 0.15) is 12.5 Å². The van der Waals surface area contributed by atoms with Gasteiger partial charge in [-0.05, 0) is 48.7 Å². The fraction of sp³-hybridized carbons (Fsp3) is 0.0400. The number of nitrogens with zero attached hydrogens (tertiary/aromatic N) is 1. The van der Waals surface area contributed by atoms with Crippen LogP contribution in [0.5, 0.6) is 11.5 Å². The molecule has 0 radical (unpaired) electrons. The first kappa shape index (κ1) is 22.9. The van der Waals surface area contributed by atoms with Crippen molar-refractivity contribution in [3.63, 3.8) is 0 Å². The van der Waals surface area contributed by atoms with E-state index in [1.165, 1.54) is 18.2 Å². The number of benzene rings is 3. The number of fused-ring (bicyclic) bond motifs is 1. The van der Waals surface area contributed by atoms with E-state index in [1.54, 1.807) is 31.3 Å². The Morgan fingerprint density at radius 2 is 1.72 bits per heavy atom. The summed E-state index contributed by atoms with van der Waals surface area (Å²) in [5.74, 6) is -0.0905. The van der Waals surface area contributed by atoms with Crippen molar-refractivity contribution in [1.82, 2.24) is 0 Å². The first-order valence-corrected chi connectivity index (χ1v) is 10.2. The summed E-state index contributed by atoms with van der Waals surface area (Å²) < 4.78 is 8.19. The van der Waals surface area contributed by atoms with Gasteiger partial charge in [-0.15, -0.1) is 0 Å². The third-order valence-corrected chi connectivity index (χ3v) is 4.84. The summed E-state index contributed by atoms with van der Waals surface area (Å²) in [5, 5.41) is 24.8. The molecule has 7 heteroatoms. The van der Waals surface area contributed by atoms with Gasteiger partial charge in [0.05, 0.1) is 5.69 Å². The molecule has 0 fully saturated rings. The normalized spacial score (nSPS) is 14.3. The predicted molar refractivity (Wildman–Crippen MR) is 121 cm³/mol. The van der Waals surface area contributed by atoms with Crippen molar-refractivity contribution < 1.29 is 36.1 Å². The van der Waals surface area contributed by atoms with E-state index in [0.29, 0.717) is 16.8 Å². The fourth-order valence-corrected chi connectivity index (χ4v) is 3.36. The van der Waals surface area contributed by atoms with Gasteiger partial charge in [-0.2, -0.15) is 0 Å². The van der Waals surface area contributed by atoms with Gasteiger partial charge in [0.1, 0.15) is 11.5 Å². The molecule has 3 aromatic carbocycles. The zero-order chi connectivity index (χ0) is 23.1. The van der Waals surface area contributed by atoms with Crippen molar-refractivity contribution in [1.29, 1.82) is 0 Å². The number of phenols is 2. The standard InChI is InChI=1S/C25H20N2O3.O.V/c1-16(20-13-12-19(28)14-24(20)30)27-22-10-5-8-17-7-4-9-21(25(17)22)26-15-18-6-2-3-11-23(18)29;;/h2-15,26,28,30H,1H3;;/b18-15-,27-16?;;. The zero-order valence-corrected chi connectivity index (χ0v) is 18.6. The van der Waals surface area contributed by atoms with Crippen LogP contribution in [0.3, 0.4) is 0 Å². The minimum absolute atomic E-state index is 0.00473. The Labute approximate surface area is 194 Å². The number of aromatic hydroxyl groups is 2. The van der Waals surface area contributed by atoms with Crippen molar-refractivity contribution in [3.8, 4) is 11.5 Å². The first-order chi connectivity index (χ1) is 15.5. The van der Waals surface area contributed by atoms with Crippen molar-refractivity contribution in [2.45, 2.75) is 6.92 Å². The Hall–Kier alpha value is -3.74. The SMILES string of the molecule is CC(=Nc1cccc2cccc(N/C=C3/C=CC=CC3=O)c12)c1ccc(O)cc1O.[O]=[V]. The Bertz CT molecular complexity index is 1290. The second-order valence-corrected chi connectivity index (χ2v) is 6.91. The molecule has 6 nitrogen and oxygen atoms in total. The number of aliphatic imine (C=N–C) groups is 1.